The van der Waals surface area contributed by atoms with Gasteiger partial charge in [0.1, 0.15) is 22.8 Å². The van der Waals surface area contributed by atoms with Crippen LogP contribution in [0, 0.1) is 12.7 Å². The van der Waals surface area contributed by atoms with Crippen molar-refractivity contribution in [1.82, 2.24) is 5.16 Å². The molecule has 0 aliphatic rings. The molecule has 0 atom stereocenters. The van der Waals surface area contributed by atoms with Crippen molar-refractivity contribution in [2.45, 2.75) is 11.8 Å². The minimum atomic E-state index is -0.570. The molecule has 2 aromatic carbocycles. The van der Waals surface area contributed by atoms with Crippen LogP contribution < -0.4 is 5.32 Å². The number of nitrogens with zero attached hydrogens (tertiary/aromatic N) is 1. The van der Waals surface area contributed by atoms with E-state index in [9.17, 15) is 9.18 Å². The van der Waals surface area contributed by atoms with E-state index in [0.29, 0.717) is 5.69 Å². The van der Waals surface area contributed by atoms with Crippen LogP contribution in [-0.2, 0) is 0 Å². The maximum Gasteiger partial charge on any atom is 0.261 e. The summed E-state index contributed by atoms with van der Waals surface area (Å²) in [7, 11) is 0. The van der Waals surface area contributed by atoms with Gasteiger partial charge in [0, 0.05) is 10.6 Å². The van der Waals surface area contributed by atoms with Crippen LogP contribution in [0.25, 0.3) is 11.3 Å². The Morgan fingerprint density at radius 3 is 2.76 bits per heavy atom. The Hall–Kier alpha value is -2.31. The average Bonchev–Trinajstić information content (AvgIpc) is 2.96. The van der Waals surface area contributed by atoms with Crippen LogP contribution >= 0.6 is 23.4 Å². The van der Waals surface area contributed by atoms with Gasteiger partial charge in [0.05, 0.1) is 10.6 Å². The van der Waals surface area contributed by atoms with E-state index in [0.717, 1.165) is 4.90 Å². The second-order valence-electron chi connectivity index (χ2n) is 5.25. The number of carbonyl (C=O) groups is 1. The maximum absolute atomic E-state index is 14.2. The third-order valence-electron chi connectivity index (χ3n) is 3.62. The molecule has 1 N–H and O–H groups in total. The molecule has 7 heteroatoms. The molecular weight excluding hydrogens is 363 g/mol. The Morgan fingerprint density at radius 1 is 1.28 bits per heavy atom. The van der Waals surface area contributed by atoms with E-state index >= 15 is 0 Å². The van der Waals surface area contributed by atoms with Gasteiger partial charge in [-0.3, -0.25) is 4.79 Å². The lowest BCUT2D eigenvalue weighted by Crippen LogP contribution is -2.13. The van der Waals surface area contributed by atoms with E-state index in [1.54, 1.807) is 24.8 Å². The van der Waals surface area contributed by atoms with Crippen LogP contribution in [0.1, 0.15) is 16.1 Å². The van der Waals surface area contributed by atoms with Crippen molar-refractivity contribution in [1.29, 1.82) is 0 Å². The van der Waals surface area contributed by atoms with Crippen LogP contribution in [0.3, 0.4) is 0 Å². The monoisotopic (exact) mass is 376 g/mol. The summed E-state index contributed by atoms with van der Waals surface area (Å²) >= 11 is 7.66. The number of nitrogens with one attached hydrogen (secondary N) is 1. The fraction of sp³-hybridized carbons (Fsp3) is 0.111. The Bertz CT molecular complexity index is 922. The fourth-order valence-corrected chi connectivity index (χ4v) is 3.14. The van der Waals surface area contributed by atoms with Crippen LogP contribution in [0.4, 0.5) is 10.1 Å². The number of hydrogen-bond acceptors (Lipinski definition) is 4. The number of hydrogen-bond donors (Lipinski definition) is 1. The Morgan fingerprint density at radius 2 is 2.04 bits per heavy atom. The van der Waals surface area contributed by atoms with Gasteiger partial charge in [-0.15, -0.1) is 11.8 Å². The summed E-state index contributed by atoms with van der Waals surface area (Å²) in [6.07, 6.45) is 1.95. The third kappa shape index (κ3) is 3.55. The van der Waals surface area contributed by atoms with E-state index in [2.05, 4.69) is 10.5 Å². The van der Waals surface area contributed by atoms with Crippen LogP contribution in [-0.4, -0.2) is 17.3 Å². The van der Waals surface area contributed by atoms with Gasteiger partial charge in [-0.1, -0.05) is 28.9 Å². The van der Waals surface area contributed by atoms with Crippen LogP contribution in [0.5, 0.6) is 0 Å². The van der Waals surface area contributed by atoms with Gasteiger partial charge in [-0.05, 0) is 43.5 Å². The minimum absolute atomic E-state index is 0.0454. The lowest BCUT2D eigenvalue weighted by atomic mass is 10.0. The molecule has 0 aliphatic carbocycles. The lowest BCUT2D eigenvalue weighted by molar-refractivity contribution is 0.102. The van der Waals surface area contributed by atoms with E-state index in [1.165, 1.54) is 18.2 Å². The molecule has 4 nitrogen and oxygen atoms in total. The van der Waals surface area contributed by atoms with Gasteiger partial charge in [-0.25, -0.2) is 4.39 Å². The maximum atomic E-state index is 14.2. The van der Waals surface area contributed by atoms with Crippen molar-refractivity contribution < 1.29 is 13.7 Å². The Balaban J connectivity index is 2.00. The molecule has 3 aromatic rings. The van der Waals surface area contributed by atoms with Crippen molar-refractivity contribution in [2.24, 2.45) is 0 Å². The van der Waals surface area contributed by atoms with Crippen molar-refractivity contribution >= 4 is 35.0 Å². The van der Waals surface area contributed by atoms with Crippen molar-refractivity contribution in [3.8, 4) is 11.3 Å². The zero-order valence-electron chi connectivity index (χ0n) is 13.5. The largest absolute Gasteiger partial charge is 0.360 e. The molecule has 0 bridgehead atoms. The number of amides is 1. The van der Waals surface area contributed by atoms with Gasteiger partial charge < -0.3 is 9.84 Å². The minimum Gasteiger partial charge on any atom is -0.360 e. The highest BCUT2D eigenvalue weighted by Gasteiger charge is 2.25. The highest BCUT2D eigenvalue weighted by Crippen LogP contribution is 2.33. The molecule has 3 rings (SSSR count). The number of aromatic nitrogens is 1. The SMILES string of the molecule is CSc1cccc(NC(=O)c2c(-c3c(F)cccc3Cl)noc2C)c1. The summed E-state index contributed by atoms with van der Waals surface area (Å²) in [6, 6.07) is 11.7. The van der Waals surface area contributed by atoms with Crippen molar-refractivity contribution in [3.05, 3.63) is 64.6 Å². The molecule has 0 unspecified atom stereocenters. The summed E-state index contributed by atoms with van der Waals surface area (Å²) in [6.45, 7) is 1.60. The summed E-state index contributed by atoms with van der Waals surface area (Å²) in [5.41, 5.74) is 0.910. The molecular formula is C18H14ClFN2O2S. The van der Waals surface area contributed by atoms with E-state index in [-0.39, 0.29) is 27.6 Å². The zero-order valence-corrected chi connectivity index (χ0v) is 15.0. The number of rotatable bonds is 4. The van der Waals surface area contributed by atoms with Crippen molar-refractivity contribution in [3.63, 3.8) is 0 Å². The fourth-order valence-electron chi connectivity index (χ4n) is 2.43. The zero-order chi connectivity index (χ0) is 18.0. The number of carbonyl (C=O) groups excluding carboxylic acids is 1. The molecule has 0 spiro atoms. The number of anilines is 1. The molecule has 0 radical (unpaired) electrons. The van der Waals surface area contributed by atoms with E-state index in [1.807, 2.05) is 24.5 Å². The van der Waals surface area contributed by atoms with Crippen LogP contribution in [0.15, 0.2) is 51.9 Å². The second kappa shape index (κ2) is 7.29. The number of halogens is 2. The van der Waals surface area contributed by atoms with E-state index in [4.69, 9.17) is 16.1 Å². The van der Waals surface area contributed by atoms with Gasteiger partial charge in [0.15, 0.2) is 0 Å². The standard InChI is InChI=1S/C18H14ClFN2O2S/c1-10-15(18(23)21-11-5-3-6-12(9-11)25-2)17(22-24-10)16-13(19)7-4-8-14(16)20/h3-9H,1-2H3,(H,21,23). The first-order chi connectivity index (χ1) is 12.0. The quantitative estimate of drug-likeness (QED) is 0.618. The molecule has 1 aromatic heterocycles. The Labute approximate surface area is 153 Å². The highest BCUT2D eigenvalue weighted by molar-refractivity contribution is 7.98. The Kier molecular flexibility index (Phi) is 5.11. The molecule has 25 heavy (non-hydrogen) atoms. The first-order valence-corrected chi connectivity index (χ1v) is 8.97. The van der Waals surface area contributed by atoms with Crippen molar-refractivity contribution in [2.75, 3.05) is 11.6 Å². The number of benzene rings is 2. The summed E-state index contributed by atoms with van der Waals surface area (Å²) in [5.74, 6) is -0.724. The molecule has 0 aliphatic heterocycles. The number of aryl methyl sites for hydroxylation is 1. The molecule has 1 amide bonds. The summed E-state index contributed by atoms with van der Waals surface area (Å²) in [5, 5.41) is 6.79. The first kappa shape index (κ1) is 17.5. The second-order valence-corrected chi connectivity index (χ2v) is 6.53. The molecule has 0 saturated heterocycles. The summed E-state index contributed by atoms with van der Waals surface area (Å²) in [4.78, 5) is 13.7. The molecule has 0 saturated carbocycles. The normalized spacial score (nSPS) is 10.7. The lowest BCUT2D eigenvalue weighted by Gasteiger charge is -2.08. The predicted molar refractivity (Wildman–Crippen MR) is 97.8 cm³/mol. The predicted octanol–water partition coefficient (Wildman–Crippen LogP) is 5.42. The van der Waals surface area contributed by atoms with Gasteiger partial charge in [0.25, 0.3) is 5.91 Å². The van der Waals surface area contributed by atoms with Gasteiger partial charge in [0.2, 0.25) is 0 Å². The topological polar surface area (TPSA) is 55.1 Å². The van der Waals surface area contributed by atoms with Gasteiger partial charge >= 0.3 is 0 Å². The van der Waals surface area contributed by atoms with E-state index < -0.39 is 11.7 Å². The molecule has 1 heterocycles. The first-order valence-electron chi connectivity index (χ1n) is 7.37. The smallest absolute Gasteiger partial charge is 0.261 e. The molecule has 128 valence electrons. The third-order valence-corrected chi connectivity index (χ3v) is 4.66. The average molecular weight is 377 g/mol. The number of thioether (sulfide) groups is 1. The molecule has 0 fully saturated rings. The van der Waals surface area contributed by atoms with Crippen LogP contribution in [0.2, 0.25) is 5.02 Å². The van der Waals surface area contributed by atoms with Gasteiger partial charge in [-0.2, -0.15) is 0 Å². The highest BCUT2D eigenvalue weighted by atomic mass is 35.5. The summed E-state index contributed by atoms with van der Waals surface area (Å²) < 4.78 is 19.3.